The molecule has 5 nitrogen and oxygen atoms in total. The average molecular weight is 285 g/mol. The van der Waals surface area contributed by atoms with E-state index in [4.69, 9.17) is 4.74 Å². The van der Waals surface area contributed by atoms with Gasteiger partial charge < -0.3 is 15.0 Å². The topological polar surface area (TPSA) is 57.4 Å². The van der Waals surface area contributed by atoms with Crippen LogP contribution in [-0.4, -0.2) is 47.6 Å². The van der Waals surface area contributed by atoms with Crippen molar-refractivity contribution in [2.75, 3.05) is 26.3 Å². The Balaban J connectivity index is 1.59. The minimum atomic E-state index is -0.0170. The summed E-state index contributed by atoms with van der Waals surface area (Å²) in [6, 6.07) is 8.59. The van der Waals surface area contributed by atoms with Gasteiger partial charge in [0.15, 0.2) is 0 Å². The normalized spacial score (nSPS) is 22.0. The fourth-order valence-corrected chi connectivity index (χ4v) is 3.22. The molecule has 1 amide bonds. The maximum absolute atomic E-state index is 11.7. The van der Waals surface area contributed by atoms with E-state index < -0.39 is 0 Å². The second-order valence-electron chi connectivity index (χ2n) is 6.06. The number of aromatic amines is 1. The van der Waals surface area contributed by atoms with Crippen LogP contribution in [0.15, 0.2) is 30.5 Å². The first-order valence-electron chi connectivity index (χ1n) is 7.41. The number of hydrogen-bond donors (Lipinski definition) is 2. The highest BCUT2D eigenvalue weighted by atomic mass is 16.5. The average Bonchev–Trinajstić information content (AvgIpc) is 2.83. The number of nitrogens with one attached hydrogen (secondary N) is 2. The predicted molar refractivity (Wildman–Crippen MR) is 79.9 cm³/mol. The minimum Gasteiger partial charge on any atom is -0.377 e. The number of carbonyl (C=O) groups is 1. The molecule has 2 fully saturated rings. The molecule has 0 unspecified atom stereocenters. The van der Waals surface area contributed by atoms with Gasteiger partial charge in [-0.05, 0) is 23.1 Å². The van der Waals surface area contributed by atoms with Crippen molar-refractivity contribution in [2.24, 2.45) is 0 Å². The summed E-state index contributed by atoms with van der Waals surface area (Å²) < 4.78 is 5.43. The highest BCUT2D eigenvalue weighted by Crippen LogP contribution is 2.28. The van der Waals surface area contributed by atoms with E-state index in [0.29, 0.717) is 26.2 Å². The van der Waals surface area contributed by atoms with Gasteiger partial charge in [0, 0.05) is 37.8 Å². The molecule has 0 radical (unpaired) electrons. The molecule has 110 valence electrons. The van der Waals surface area contributed by atoms with Gasteiger partial charge in [0.05, 0.1) is 18.8 Å². The summed E-state index contributed by atoms with van der Waals surface area (Å²) in [4.78, 5) is 17.3. The zero-order valence-corrected chi connectivity index (χ0v) is 11.9. The lowest BCUT2D eigenvalue weighted by Crippen LogP contribution is -2.65. The monoisotopic (exact) mass is 285 g/mol. The Hall–Kier alpha value is -1.85. The van der Waals surface area contributed by atoms with Gasteiger partial charge in [0.1, 0.15) is 0 Å². The van der Waals surface area contributed by atoms with Crippen LogP contribution in [0, 0.1) is 0 Å². The van der Waals surface area contributed by atoms with Gasteiger partial charge in [0.25, 0.3) is 0 Å². The van der Waals surface area contributed by atoms with Crippen molar-refractivity contribution >= 4 is 16.8 Å². The van der Waals surface area contributed by atoms with E-state index in [1.165, 1.54) is 10.9 Å². The van der Waals surface area contributed by atoms with Crippen LogP contribution in [0.1, 0.15) is 12.0 Å². The summed E-state index contributed by atoms with van der Waals surface area (Å²) in [7, 11) is 0. The molecule has 3 heterocycles. The van der Waals surface area contributed by atoms with Crippen LogP contribution < -0.4 is 5.32 Å². The Labute approximate surface area is 123 Å². The van der Waals surface area contributed by atoms with Crippen molar-refractivity contribution in [3.8, 4) is 0 Å². The smallest absolute Gasteiger partial charge is 0.221 e. The number of hydrogen-bond acceptors (Lipinski definition) is 3. The summed E-state index contributed by atoms with van der Waals surface area (Å²) in [5.74, 6) is 0.142. The number of carbonyl (C=O) groups excluding carboxylic acids is 1. The number of rotatable bonds is 2. The molecule has 4 rings (SSSR count). The molecule has 2 aliphatic rings. The van der Waals surface area contributed by atoms with Gasteiger partial charge in [-0.2, -0.15) is 0 Å². The lowest BCUT2D eigenvalue weighted by molar-refractivity contribution is -0.138. The quantitative estimate of drug-likeness (QED) is 0.873. The van der Waals surface area contributed by atoms with Crippen LogP contribution in [0.4, 0.5) is 0 Å². The van der Waals surface area contributed by atoms with Gasteiger partial charge in [-0.1, -0.05) is 12.1 Å². The summed E-state index contributed by atoms with van der Waals surface area (Å²) >= 11 is 0. The first-order valence-corrected chi connectivity index (χ1v) is 7.41. The summed E-state index contributed by atoms with van der Waals surface area (Å²) in [5, 5.41) is 4.24. The molecule has 0 saturated carbocycles. The van der Waals surface area contributed by atoms with E-state index in [1.54, 1.807) is 0 Å². The van der Waals surface area contributed by atoms with Crippen molar-refractivity contribution in [1.82, 2.24) is 15.2 Å². The van der Waals surface area contributed by atoms with E-state index in [0.717, 1.165) is 18.6 Å². The van der Waals surface area contributed by atoms with E-state index in [1.807, 2.05) is 6.20 Å². The van der Waals surface area contributed by atoms with Crippen LogP contribution in [0.3, 0.4) is 0 Å². The Morgan fingerprint density at radius 3 is 3.00 bits per heavy atom. The molecule has 21 heavy (non-hydrogen) atoms. The predicted octanol–water partition coefficient (Wildman–Crippen LogP) is 1.26. The van der Waals surface area contributed by atoms with Gasteiger partial charge in [-0.15, -0.1) is 0 Å². The number of H-pyrrole nitrogens is 1. The third-order valence-corrected chi connectivity index (χ3v) is 4.63. The standard InChI is InChI=1S/C16H19N3O2/c20-15-4-6-19(16(9-18-15)10-21-11-16)8-12-1-2-13-3-5-17-14(13)7-12/h1-3,5,7,17H,4,6,8-11H2,(H,18,20). The highest BCUT2D eigenvalue weighted by molar-refractivity contribution is 5.80. The van der Waals surface area contributed by atoms with Crippen molar-refractivity contribution < 1.29 is 9.53 Å². The van der Waals surface area contributed by atoms with Gasteiger partial charge in [-0.25, -0.2) is 0 Å². The third kappa shape index (κ3) is 2.22. The van der Waals surface area contributed by atoms with E-state index in [2.05, 4.69) is 39.5 Å². The molecule has 5 heteroatoms. The zero-order valence-electron chi connectivity index (χ0n) is 11.9. The van der Waals surface area contributed by atoms with Gasteiger partial charge in [0.2, 0.25) is 5.91 Å². The molecular weight excluding hydrogens is 266 g/mol. The van der Waals surface area contributed by atoms with E-state index in [-0.39, 0.29) is 11.4 Å². The molecule has 2 saturated heterocycles. The Morgan fingerprint density at radius 2 is 2.19 bits per heavy atom. The molecule has 1 aromatic heterocycles. The van der Waals surface area contributed by atoms with Crippen molar-refractivity contribution in [3.63, 3.8) is 0 Å². The Kier molecular flexibility index (Phi) is 2.97. The summed E-state index contributed by atoms with van der Waals surface area (Å²) in [6.45, 7) is 3.75. The Bertz CT molecular complexity index is 675. The SMILES string of the molecule is O=C1CCN(Cc2ccc3cc[nH]c3c2)C2(CN1)COC2. The van der Waals surface area contributed by atoms with Crippen LogP contribution in [0.5, 0.6) is 0 Å². The number of fused-ring (bicyclic) bond motifs is 1. The van der Waals surface area contributed by atoms with Gasteiger partial charge >= 0.3 is 0 Å². The van der Waals surface area contributed by atoms with Gasteiger partial charge in [-0.3, -0.25) is 9.69 Å². The van der Waals surface area contributed by atoms with Crippen LogP contribution in [-0.2, 0) is 16.1 Å². The molecular formula is C16H19N3O2. The number of ether oxygens (including phenoxy) is 1. The zero-order chi connectivity index (χ0) is 14.3. The molecule has 0 atom stereocenters. The second-order valence-corrected chi connectivity index (χ2v) is 6.06. The van der Waals surface area contributed by atoms with Crippen molar-refractivity contribution in [3.05, 3.63) is 36.0 Å². The molecule has 1 spiro atoms. The Morgan fingerprint density at radius 1 is 1.29 bits per heavy atom. The summed E-state index contributed by atoms with van der Waals surface area (Å²) in [5.41, 5.74) is 2.41. The molecule has 0 aliphatic carbocycles. The number of aromatic nitrogens is 1. The molecule has 1 aromatic carbocycles. The van der Waals surface area contributed by atoms with Crippen LogP contribution >= 0.6 is 0 Å². The molecule has 2 aliphatic heterocycles. The molecule has 2 N–H and O–H groups in total. The molecule has 2 aromatic rings. The van der Waals surface area contributed by atoms with Crippen molar-refractivity contribution in [2.45, 2.75) is 18.5 Å². The van der Waals surface area contributed by atoms with E-state index >= 15 is 0 Å². The number of nitrogens with zero attached hydrogens (tertiary/aromatic N) is 1. The first kappa shape index (κ1) is 12.9. The fourth-order valence-electron chi connectivity index (χ4n) is 3.22. The number of amides is 1. The highest BCUT2D eigenvalue weighted by Gasteiger charge is 2.45. The van der Waals surface area contributed by atoms with Crippen LogP contribution in [0.2, 0.25) is 0 Å². The lowest BCUT2D eigenvalue weighted by atomic mass is 9.94. The lowest BCUT2D eigenvalue weighted by Gasteiger charge is -2.48. The maximum Gasteiger partial charge on any atom is 0.221 e. The molecule has 0 bridgehead atoms. The first-order chi connectivity index (χ1) is 10.3. The number of benzene rings is 1. The summed E-state index contributed by atoms with van der Waals surface area (Å²) in [6.07, 6.45) is 2.52. The van der Waals surface area contributed by atoms with Crippen molar-refractivity contribution in [1.29, 1.82) is 0 Å². The van der Waals surface area contributed by atoms with Crippen LogP contribution in [0.25, 0.3) is 10.9 Å². The minimum absolute atomic E-state index is 0.0170. The maximum atomic E-state index is 11.7. The third-order valence-electron chi connectivity index (χ3n) is 4.63. The van der Waals surface area contributed by atoms with E-state index in [9.17, 15) is 4.79 Å². The fraction of sp³-hybridized carbons (Fsp3) is 0.438. The second kappa shape index (κ2) is 4.86. The largest absolute Gasteiger partial charge is 0.377 e.